The summed E-state index contributed by atoms with van der Waals surface area (Å²) < 4.78 is 0. The summed E-state index contributed by atoms with van der Waals surface area (Å²) in [5, 5.41) is 44.7. The number of allylic oxidation sites excluding steroid dienone is 2. The first kappa shape index (κ1) is 29.0. The van der Waals surface area contributed by atoms with Crippen LogP contribution in [0.4, 0.5) is 0 Å². The largest absolute Gasteiger partial charge is 0.508 e. The summed E-state index contributed by atoms with van der Waals surface area (Å²) in [6.07, 6.45) is 14.7. The van der Waals surface area contributed by atoms with E-state index in [1.807, 2.05) is 37.4 Å². The Morgan fingerprint density at radius 2 is 2.00 bits per heavy atom. The van der Waals surface area contributed by atoms with Crippen molar-refractivity contribution in [1.82, 2.24) is 10.3 Å². The lowest BCUT2D eigenvalue weighted by Gasteiger charge is -2.19. The Bertz CT molecular complexity index is 1050. The van der Waals surface area contributed by atoms with Crippen LogP contribution >= 0.6 is 0 Å². The van der Waals surface area contributed by atoms with E-state index in [9.17, 15) is 25.2 Å². The van der Waals surface area contributed by atoms with Crippen LogP contribution in [0.2, 0.25) is 0 Å². The molecule has 6 atom stereocenters. The smallest absolute Gasteiger partial charge is 0.220 e. The van der Waals surface area contributed by atoms with Gasteiger partial charge in [0.25, 0.3) is 0 Å². The summed E-state index contributed by atoms with van der Waals surface area (Å²) in [5.41, 5.74) is 1.85. The molecule has 0 saturated heterocycles. The molecule has 204 valence electrons. The van der Waals surface area contributed by atoms with Crippen LogP contribution in [-0.4, -0.2) is 49.6 Å². The van der Waals surface area contributed by atoms with Crippen molar-refractivity contribution < 1.29 is 25.2 Å². The van der Waals surface area contributed by atoms with E-state index < -0.39 is 18.3 Å². The van der Waals surface area contributed by atoms with Gasteiger partial charge in [-0.3, -0.25) is 4.79 Å². The molecule has 1 fully saturated rings. The molecule has 1 amide bonds. The third kappa shape index (κ3) is 8.45. The molecule has 7 heteroatoms. The number of phenolic OH excluding ortho intramolecular Hbond substituents is 1. The van der Waals surface area contributed by atoms with Gasteiger partial charge in [-0.1, -0.05) is 50.5 Å². The zero-order chi connectivity index (χ0) is 26.8. The Balaban J connectivity index is 1.40. The Morgan fingerprint density at radius 3 is 2.78 bits per heavy atom. The molecule has 0 radical (unpaired) electrons. The number of phenols is 1. The van der Waals surface area contributed by atoms with Gasteiger partial charge in [0.1, 0.15) is 5.75 Å². The van der Waals surface area contributed by atoms with Crippen LogP contribution in [0.5, 0.6) is 5.75 Å². The highest BCUT2D eigenvalue weighted by Gasteiger charge is 2.39. The highest BCUT2D eigenvalue weighted by Crippen LogP contribution is 2.36. The number of hydrogen-bond donors (Lipinski definition) is 6. The second-order valence-electron chi connectivity index (χ2n) is 10.4. The van der Waals surface area contributed by atoms with E-state index in [-0.39, 0.29) is 29.5 Å². The summed E-state index contributed by atoms with van der Waals surface area (Å²) in [4.78, 5) is 15.6. The van der Waals surface area contributed by atoms with Crippen molar-refractivity contribution in [3.8, 4) is 5.75 Å². The lowest BCUT2D eigenvalue weighted by atomic mass is 9.89. The minimum absolute atomic E-state index is 0.0209. The normalized spacial score (nSPS) is 23.8. The number of carbonyl (C=O) groups is 1. The van der Waals surface area contributed by atoms with Crippen LogP contribution in [0, 0.1) is 11.8 Å². The number of aliphatic hydroxyl groups excluding tert-OH is 3. The molecule has 7 nitrogen and oxygen atoms in total. The maximum atomic E-state index is 12.4. The number of rotatable bonds is 14. The number of aliphatic hydroxyl groups is 3. The maximum absolute atomic E-state index is 12.4. The fourth-order valence-corrected chi connectivity index (χ4v) is 5.29. The summed E-state index contributed by atoms with van der Waals surface area (Å²) >= 11 is 0. The monoisotopic (exact) mass is 512 g/mol. The Hall–Kier alpha value is -2.61. The number of fused-ring (bicyclic) bond motifs is 1. The molecule has 0 spiro atoms. The van der Waals surface area contributed by atoms with E-state index in [1.54, 1.807) is 18.2 Å². The number of H-pyrrole nitrogens is 1. The Morgan fingerprint density at radius 1 is 1.19 bits per heavy atom. The first-order valence-corrected chi connectivity index (χ1v) is 13.8. The average Bonchev–Trinajstić information content (AvgIpc) is 3.39. The van der Waals surface area contributed by atoms with Crippen LogP contribution in [0.1, 0.15) is 83.2 Å². The molecular formula is C30H44N2O5. The van der Waals surface area contributed by atoms with E-state index in [0.717, 1.165) is 48.6 Å². The zero-order valence-electron chi connectivity index (χ0n) is 22.1. The number of nitrogens with one attached hydrogen (secondary N) is 2. The van der Waals surface area contributed by atoms with Gasteiger partial charge in [-0.15, -0.1) is 0 Å². The average molecular weight is 513 g/mol. The van der Waals surface area contributed by atoms with Gasteiger partial charge < -0.3 is 30.7 Å². The zero-order valence-corrected chi connectivity index (χ0v) is 22.1. The number of benzene rings is 1. The van der Waals surface area contributed by atoms with E-state index in [4.69, 9.17) is 0 Å². The molecule has 1 aromatic carbocycles. The Labute approximate surface area is 220 Å². The molecule has 1 saturated carbocycles. The van der Waals surface area contributed by atoms with Gasteiger partial charge in [-0.2, -0.15) is 0 Å². The van der Waals surface area contributed by atoms with Crippen LogP contribution in [0.3, 0.4) is 0 Å². The van der Waals surface area contributed by atoms with E-state index >= 15 is 0 Å². The predicted molar refractivity (Wildman–Crippen MR) is 147 cm³/mol. The molecule has 0 bridgehead atoms. The molecule has 1 aliphatic rings. The van der Waals surface area contributed by atoms with Crippen molar-refractivity contribution in [2.75, 3.05) is 0 Å². The molecule has 6 N–H and O–H groups in total. The first-order valence-electron chi connectivity index (χ1n) is 13.8. The van der Waals surface area contributed by atoms with Gasteiger partial charge in [0, 0.05) is 35.9 Å². The summed E-state index contributed by atoms with van der Waals surface area (Å²) in [6.45, 7) is 4.06. The number of amides is 1. The summed E-state index contributed by atoms with van der Waals surface area (Å²) in [7, 11) is 0. The fraction of sp³-hybridized carbons (Fsp3) is 0.567. The Kier molecular flexibility index (Phi) is 11.2. The van der Waals surface area contributed by atoms with Crippen molar-refractivity contribution in [3.05, 3.63) is 54.3 Å². The van der Waals surface area contributed by atoms with Crippen LogP contribution < -0.4 is 5.32 Å². The molecular weight excluding hydrogens is 468 g/mol. The molecule has 2 unspecified atom stereocenters. The molecule has 2 aromatic rings. The number of hydrogen-bond acceptors (Lipinski definition) is 5. The van der Waals surface area contributed by atoms with Gasteiger partial charge in [0.15, 0.2) is 0 Å². The minimum atomic E-state index is -0.598. The van der Waals surface area contributed by atoms with Crippen LogP contribution in [0.15, 0.2) is 48.7 Å². The standard InChI is InChI=1S/C30H44N2O5/c1-3-4-7-10-21(33)13-15-24-23(28(35)18-29(24)36)11-8-5-6-9-12-30(37)32-20(2)26-19-31-27-16-14-22(34)17-25(26)27/h5,8,13-17,19-21,23-24,28-29,31,33-36H,3-4,6-7,9-12,18H2,1-2H3,(H,32,37)/b8-5-,15-13+/t20?,21?,23-,24-,28+,29-/m1/s1. The molecule has 3 rings (SSSR count). The van der Waals surface area contributed by atoms with Gasteiger partial charge in [0.05, 0.1) is 24.4 Å². The second-order valence-corrected chi connectivity index (χ2v) is 10.4. The number of aromatic amines is 1. The van der Waals surface area contributed by atoms with E-state index in [1.165, 1.54) is 0 Å². The van der Waals surface area contributed by atoms with E-state index in [2.05, 4.69) is 17.2 Å². The van der Waals surface area contributed by atoms with Crippen molar-refractivity contribution in [2.45, 2.75) is 96.0 Å². The van der Waals surface area contributed by atoms with Crippen molar-refractivity contribution in [3.63, 3.8) is 0 Å². The fourth-order valence-electron chi connectivity index (χ4n) is 5.29. The van der Waals surface area contributed by atoms with Crippen LogP contribution in [0.25, 0.3) is 10.9 Å². The first-order chi connectivity index (χ1) is 17.8. The van der Waals surface area contributed by atoms with Crippen molar-refractivity contribution in [2.24, 2.45) is 11.8 Å². The SMILES string of the molecule is CCCCCC(O)/C=C/[C@@H]1[C@@H](C/C=C\CCCC(=O)NC(C)c2c[nH]c3ccc(O)cc23)[C@@H](O)C[C@H]1O. The van der Waals surface area contributed by atoms with Crippen LogP contribution in [-0.2, 0) is 4.79 Å². The topological polar surface area (TPSA) is 126 Å². The molecule has 1 aromatic heterocycles. The lowest BCUT2D eigenvalue weighted by Crippen LogP contribution is -2.26. The molecule has 0 aliphatic heterocycles. The minimum Gasteiger partial charge on any atom is -0.508 e. The maximum Gasteiger partial charge on any atom is 0.220 e. The second kappa shape index (κ2) is 14.4. The van der Waals surface area contributed by atoms with Gasteiger partial charge in [-0.25, -0.2) is 0 Å². The highest BCUT2D eigenvalue weighted by atomic mass is 16.3. The summed E-state index contributed by atoms with van der Waals surface area (Å²) in [6, 6.07) is 4.97. The number of unbranched alkanes of at least 4 members (excludes halogenated alkanes) is 3. The lowest BCUT2D eigenvalue weighted by molar-refractivity contribution is -0.121. The third-order valence-corrected chi connectivity index (χ3v) is 7.47. The van der Waals surface area contributed by atoms with Gasteiger partial charge in [0.2, 0.25) is 5.91 Å². The van der Waals surface area contributed by atoms with Gasteiger partial charge in [-0.05, 0) is 62.3 Å². The number of carbonyl (C=O) groups excluding carboxylic acids is 1. The quantitative estimate of drug-likeness (QED) is 0.157. The molecule has 1 aliphatic carbocycles. The number of aromatic nitrogens is 1. The number of aromatic hydroxyl groups is 1. The molecule has 37 heavy (non-hydrogen) atoms. The highest BCUT2D eigenvalue weighted by molar-refractivity contribution is 5.86. The molecule has 1 heterocycles. The summed E-state index contributed by atoms with van der Waals surface area (Å²) in [5.74, 6) is -0.0719. The van der Waals surface area contributed by atoms with Gasteiger partial charge >= 0.3 is 0 Å². The van der Waals surface area contributed by atoms with Crippen molar-refractivity contribution >= 4 is 16.8 Å². The predicted octanol–water partition coefficient (Wildman–Crippen LogP) is 5.02. The van der Waals surface area contributed by atoms with Crippen molar-refractivity contribution in [1.29, 1.82) is 0 Å². The van der Waals surface area contributed by atoms with E-state index in [0.29, 0.717) is 25.7 Å². The third-order valence-electron chi connectivity index (χ3n) is 7.47.